The highest BCUT2D eigenvalue weighted by Crippen LogP contribution is 2.25. The second-order valence-corrected chi connectivity index (χ2v) is 7.05. The fourth-order valence-corrected chi connectivity index (χ4v) is 4.02. The van der Waals surface area contributed by atoms with Crippen molar-refractivity contribution >= 4 is 22.7 Å². The minimum Gasteiger partial charge on any atom is -0.383 e. The highest BCUT2D eigenvalue weighted by Gasteiger charge is 2.16. The third kappa shape index (κ3) is 3.78. The van der Waals surface area contributed by atoms with Crippen LogP contribution in [0.2, 0.25) is 0 Å². The molecule has 0 aliphatic rings. The van der Waals surface area contributed by atoms with Gasteiger partial charge >= 0.3 is 0 Å². The molecule has 0 saturated heterocycles. The van der Waals surface area contributed by atoms with Gasteiger partial charge in [0.2, 0.25) is 0 Å². The van der Waals surface area contributed by atoms with E-state index < -0.39 is 0 Å². The summed E-state index contributed by atoms with van der Waals surface area (Å²) in [6.07, 6.45) is 0. The molecule has 5 heteroatoms. The molecule has 0 bridgehead atoms. The maximum absolute atomic E-state index is 13.0. The molecule has 1 atom stereocenters. The van der Waals surface area contributed by atoms with Crippen LogP contribution in [0.5, 0.6) is 0 Å². The van der Waals surface area contributed by atoms with Crippen LogP contribution in [0.4, 0.5) is 0 Å². The van der Waals surface area contributed by atoms with E-state index in [1.807, 2.05) is 43.3 Å². The highest BCUT2D eigenvalue weighted by atomic mass is 32.2. The van der Waals surface area contributed by atoms with Gasteiger partial charge in [-0.2, -0.15) is 0 Å². The molecule has 0 aliphatic heterocycles. The predicted molar refractivity (Wildman–Crippen MR) is 103 cm³/mol. The molecule has 0 radical (unpaired) electrons. The van der Waals surface area contributed by atoms with Gasteiger partial charge in [0.1, 0.15) is 0 Å². The predicted octanol–water partition coefficient (Wildman–Crippen LogP) is 4.20. The smallest absolute Gasteiger partial charge is 0.262 e. The summed E-state index contributed by atoms with van der Waals surface area (Å²) in [6.45, 7) is 4.56. The molecule has 0 fully saturated rings. The van der Waals surface area contributed by atoms with E-state index >= 15 is 0 Å². The van der Waals surface area contributed by atoms with E-state index in [0.29, 0.717) is 12.0 Å². The average Bonchev–Trinajstić information content (AvgIpc) is 2.61. The number of rotatable bonds is 6. The zero-order chi connectivity index (χ0) is 17.8. The Bertz CT molecular complexity index is 936. The van der Waals surface area contributed by atoms with Crippen LogP contribution in [-0.4, -0.2) is 23.3 Å². The molecule has 0 N–H and O–H groups in total. The van der Waals surface area contributed by atoms with Gasteiger partial charge in [-0.3, -0.25) is 9.36 Å². The lowest BCUT2D eigenvalue weighted by atomic mass is 10.1. The number of thioether (sulfide) groups is 1. The maximum atomic E-state index is 13.0. The second-order valence-electron chi connectivity index (χ2n) is 6.11. The molecule has 0 unspecified atom stereocenters. The standard InChI is InChI=1S/C20H22N2O2S/c1-14-8-4-5-9-16(14)13-25-20-21-18-11-7-6-10-17(18)19(23)22(20)15(2)12-24-3/h4-11,15H,12-13H2,1-3H3/t15-/m1/s1. The van der Waals surface area contributed by atoms with Gasteiger partial charge in [-0.05, 0) is 37.1 Å². The second kappa shape index (κ2) is 7.85. The number of ether oxygens (including phenoxy) is 1. The molecule has 3 aromatic rings. The van der Waals surface area contributed by atoms with Crippen molar-refractivity contribution in [3.8, 4) is 0 Å². The summed E-state index contributed by atoms with van der Waals surface area (Å²) in [6, 6.07) is 15.7. The number of fused-ring (bicyclic) bond motifs is 1. The van der Waals surface area contributed by atoms with E-state index in [0.717, 1.165) is 16.4 Å². The van der Waals surface area contributed by atoms with Crippen molar-refractivity contribution in [2.45, 2.75) is 30.8 Å². The zero-order valence-corrected chi connectivity index (χ0v) is 15.5. The van der Waals surface area contributed by atoms with Crippen molar-refractivity contribution in [1.82, 2.24) is 9.55 Å². The minimum atomic E-state index is -0.0750. The first kappa shape index (κ1) is 17.7. The quantitative estimate of drug-likeness (QED) is 0.491. The van der Waals surface area contributed by atoms with Gasteiger partial charge < -0.3 is 4.74 Å². The van der Waals surface area contributed by atoms with Crippen molar-refractivity contribution < 1.29 is 4.74 Å². The SMILES string of the molecule is COC[C@@H](C)n1c(SCc2ccccc2C)nc2ccccc2c1=O. The fourth-order valence-electron chi connectivity index (χ4n) is 2.85. The molecule has 0 aliphatic carbocycles. The molecule has 1 heterocycles. The van der Waals surface area contributed by atoms with E-state index in [-0.39, 0.29) is 11.6 Å². The van der Waals surface area contributed by atoms with Gasteiger partial charge in [0, 0.05) is 12.9 Å². The van der Waals surface area contributed by atoms with Crippen molar-refractivity contribution in [1.29, 1.82) is 0 Å². The average molecular weight is 354 g/mol. The molecule has 1 aromatic heterocycles. The number of nitrogens with zero attached hydrogens (tertiary/aromatic N) is 2. The first-order valence-electron chi connectivity index (χ1n) is 8.29. The van der Waals surface area contributed by atoms with Gasteiger partial charge in [-0.1, -0.05) is 48.2 Å². The van der Waals surface area contributed by atoms with Crippen molar-refractivity contribution in [2.75, 3.05) is 13.7 Å². The Balaban J connectivity index is 2.04. The molecule has 130 valence electrons. The lowest BCUT2D eigenvalue weighted by molar-refractivity contribution is 0.156. The first-order valence-corrected chi connectivity index (χ1v) is 9.28. The molecule has 3 rings (SSSR count). The summed E-state index contributed by atoms with van der Waals surface area (Å²) in [7, 11) is 1.65. The van der Waals surface area contributed by atoms with E-state index in [4.69, 9.17) is 9.72 Å². The number of aromatic nitrogens is 2. The monoisotopic (exact) mass is 354 g/mol. The molecule has 0 saturated carbocycles. The summed E-state index contributed by atoms with van der Waals surface area (Å²) in [5.74, 6) is 0.775. The van der Waals surface area contributed by atoms with Crippen LogP contribution in [0.3, 0.4) is 0 Å². The third-order valence-corrected chi connectivity index (χ3v) is 5.24. The van der Waals surface area contributed by atoms with Crippen LogP contribution in [0.15, 0.2) is 58.5 Å². The van der Waals surface area contributed by atoms with E-state index in [9.17, 15) is 4.79 Å². The van der Waals surface area contributed by atoms with Crippen molar-refractivity contribution in [2.24, 2.45) is 0 Å². The van der Waals surface area contributed by atoms with E-state index in [1.54, 1.807) is 23.4 Å². The van der Waals surface area contributed by atoms with Crippen LogP contribution in [0.1, 0.15) is 24.1 Å². The van der Waals surface area contributed by atoms with Crippen LogP contribution < -0.4 is 5.56 Å². The molecule has 25 heavy (non-hydrogen) atoms. The number of hydrogen-bond acceptors (Lipinski definition) is 4. The number of benzene rings is 2. The largest absolute Gasteiger partial charge is 0.383 e. The van der Waals surface area contributed by atoms with Gasteiger partial charge in [0.05, 0.1) is 23.6 Å². The molecule has 0 spiro atoms. The first-order chi connectivity index (χ1) is 12.1. The zero-order valence-electron chi connectivity index (χ0n) is 14.7. The summed E-state index contributed by atoms with van der Waals surface area (Å²) >= 11 is 1.59. The molecular weight excluding hydrogens is 332 g/mol. The molecule has 2 aromatic carbocycles. The lowest BCUT2D eigenvalue weighted by Crippen LogP contribution is -2.28. The Morgan fingerprint density at radius 2 is 1.88 bits per heavy atom. The summed E-state index contributed by atoms with van der Waals surface area (Å²) in [4.78, 5) is 17.8. The minimum absolute atomic E-state index is 0.0116. The summed E-state index contributed by atoms with van der Waals surface area (Å²) < 4.78 is 7.02. The van der Waals surface area contributed by atoms with Gasteiger partial charge in [0.15, 0.2) is 5.16 Å². The highest BCUT2D eigenvalue weighted by molar-refractivity contribution is 7.98. The fraction of sp³-hybridized carbons (Fsp3) is 0.300. The summed E-state index contributed by atoms with van der Waals surface area (Å²) in [5, 5.41) is 1.38. The van der Waals surface area contributed by atoms with Crippen LogP contribution in [0.25, 0.3) is 10.9 Å². The molecular formula is C20H22N2O2S. The van der Waals surface area contributed by atoms with E-state index in [1.165, 1.54) is 11.1 Å². The Labute approximate surface area is 151 Å². The Morgan fingerprint density at radius 3 is 2.64 bits per heavy atom. The van der Waals surface area contributed by atoms with Gasteiger partial charge in [-0.15, -0.1) is 0 Å². The normalized spacial score (nSPS) is 12.4. The summed E-state index contributed by atoms with van der Waals surface area (Å²) in [5.41, 5.74) is 3.22. The number of para-hydroxylation sites is 1. The topological polar surface area (TPSA) is 44.1 Å². The van der Waals surface area contributed by atoms with Gasteiger partial charge in [-0.25, -0.2) is 4.98 Å². The Hall–Kier alpha value is -2.11. The Morgan fingerprint density at radius 1 is 1.16 bits per heavy atom. The lowest BCUT2D eigenvalue weighted by Gasteiger charge is -2.19. The van der Waals surface area contributed by atoms with Gasteiger partial charge in [0.25, 0.3) is 5.56 Å². The van der Waals surface area contributed by atoms with Crippen molar-refractivity contribution in [3.63, 3.8) is 0 Å². The Kier molecular flexibility index (Phi) is 5.56. The number of methoxy groups -OCH3 is 1. The van der Waals surface area contributed by atoms with Crippen LogP contribution >= 0.6 is 11.8 Å². The molecule has 4 nitrogen and oxygen atoms in total. The van der Waals surface area contributed by atoms with Crippen molar-refractivity contribution in [3.05, 3.63) is 70.0 Å². The number of aryl methyl sites for hydroxylation is 1. The maximum Gasteiger partial charge on any atom is 0.262 e. The van der Waals surface area contributed by atoms with Crippen LogP contribution in [-0.2, 0) is 10.5 Å². The third-order valence-electron chi connectivity index (χ3n) is 4.24. The molecule has 0 amide bonds. The number of hydrogen-bond donors (Lipinski definition) is 0. The van der Waals surface area contributed by atoms with Crippen LogP contribution in [0, 0.1) is 6.92 Å². The van der Waals surface area contributed by atoms with E-state index in [2.05, 4.69) is 19.1 Å².